The number of benzene rings is 2. The number of hydrogen-bond donors (Lipinski definition) is 1. The number of hydrogen-bond acceptors (Lipinski definition) is 5. The van der Waals surface area contributed by atoms with Crippen LogP contribution >= 0.6 is 0 Å². The second kappa shape index (κ2) is 6.66. The molecule has 2 heterocycles. The molecule has 0 spiro atoms. The van der Waals surface area contributed by atoms with Crippen LogP contribution in [0.3, 0.4) is 0 Å². The van der Waals surface area contributed by atoms with Crippen molar-refractivity contribution in [2.24, 2.45) is 0 Å². The summed E-state index contributed by atoms with van der Waals surface area (Å²) in [4.78, 5) is 2.29. The van der Waals surface area contributed by atoms with Crippen LogP contribution in [-0.2, 0) is 10.0 Å². The Morgan fingerprint density at radius 3 is 2.42 bits per heavy atom. The van der Waals surface area contributed by atoms with Gasteiger partial charge in [0.25, 0.3) is 10.0 Å². The molecule has 0 unspecified atom stereocenters. The predicted molar refractivity (Wildman–Crippen MR) is 103 cm³/mol. The van der Waals surface area contributed by atoms with E-state index in [1.165, 1.54) is 4.31 Å². The van der Waals surface area contributed by atoms with Gasteiger partial charge >= 0.3 is 0 Å². The van der Waals surface area contributed by atoms with Gasteiger partial charge in [0.15, 0.2) is 0 Å². The van der Waals surface area contributed by atoms with Crippen LogP contribution in [0.15, 0.2) is 64.1 Å². The average Bonchev–Trinajstić information content (AvgIpc) is 3.13. The van der Waals surface area contributed by atoms with Crippen LogP contribution in [0.4, 0.5) is 11.4 Å². The number of para-hydroxylation sites is 1. The summed E-state index contributed by atoms with van der Waals surface area (Å²) >= 11 is 0. The summed E-state index contributed by atoms with van der Waals surface area (Å²) in [5.41, 5.74) is 2.27. The van der Waals surface area contributed by atoms with Crippen molar-refractivity contribution in [2.45, 2.75) is 5.09 Å². The van der Waals surface area contributed by atoms with Crippen LogP contribution in [0.25, 0.3) is 11.0 Å². The van der Waals surface area contributed by atoms with Crippen molar-refractivity contribution in [2.75, 3.05) is 42.4 Å². The highest BCUT2D eigenvalue weighted by Crippen LogP contribution is 2.28. The summed E-state index contributed by atoms with van der Waals surface area (Å²) < 4.78 is 32.6. The first kappa shape index (κ1) is 16.9. The normalized spacial score (nSPS) is 15.3. The molecule has 26 heavy (non-hydrogen) atoms. The summed E-state index contributed by atoms with van der Waals surface area (Å²) in [5, 5.41) is 4.05. The van der Waals surface area contributed by atoms with Crippen molar-refractivity contribution in [3.05, 3.63) is 54.6 Å². The van der Waals surface area contributed by atoms with Gasteiger partial charge in [0.1, 0.15) is 5.58 Å². The molecular formula is C19H21N3O3S. The largest absolute Gasteiger partial charge is 0.443 e. The Hall–Kier alpha value is -2.51. The highest BCUT2D eigenvalue weighted by Gasteiger charge is 2.25. The molecule has 0 aliphatic carbocycles. The zero-order valence-corrected chi connectivity index (χ0v) is 15.4. The van der Waals surface area contributed by atoms with E-state index in [1.807, 2.05) is 42.5 Å². The van der Waals surface area contributed by atoms with Crippen LogP contribution in [0.2, 0.25) is 0 Å². The smallest absolute Gasteiger partial charge is 0.297 e. The Labute approximate surface area is 153 Å². The van der Waals surface area contributed by atoms with Gasteiger partial charge in [-0.1, -0.05) is 18.2 Å². The first-order valence-corrected chi connectivity index (χ1v) is 10.0. The summed E-state index contributed by atoms with van der Waals surface area (Å²) in [7, 11) is -2.20. The predicted octanol–water partition coefficient (Wildman–Crippen LogP) is 2.67. The molecule has 1 N–H and O–H groups in total. The summed E-state index contributed by atoms with van der Waals surface area (Å²) in [6, 6.07) is 16.4. The minimum absolute atomic E-state index is 0.0487. The van der Waals surface area contributed by atoms with Crippen molar-refractivity contribution < 1.29 is 12.8 Å². The van der Waals surface area contributed by atoms with Crippen molar-refractivity contribution in [1.82, 2.24) is 5.32 Å². The average molecular weight is 371 g/mol. The molecule has 0 amide bonds. The van der Waals surface area contributed by atoms with E-state index in [2.05, 4.69) is 10.2 Å². The summed E-state index contributed by atoms with van der Waals surface area (Å²) in [6.07, 6.45) is 0. The van der Waals surface area contributed by atoms with Crippen LogP contribution in [0.1, 0.15) is 0 Å². The van der Waals surface area contributed by atoms with E-state index < -0.39 is 10.0 Å². The maximum atomic E-state index is 12.9. The van der Waals surface area contributed by atoms with Crippen molar-refractivity contribution in [3.63, 3.8) is 0 Å². The molecule has 1 aliphatic rings. The van der Waals surface area contributed by atoms with Crippen LogP contribution in [0, 0.1) is 0 Å². The van der Waals surface area contributed by atoms with Gasteiger partial charge in [0.05, 0.1) is 5.69 Å². The molecule has 3 aromatic rings. The van der Waals surface area contributed by atoms with E-state index in [1.54, 1.807) is 19.2 Å². The molecular weight excluding hydrogens is 350 g/mol. The molecule has 1 fully saturated rings. The minimum atomic E-state index is -3.75. The number of anilines is 2. The fourth-order valence-electron chi connectivity index (χ4n) is 3.15. The Kier molecular flexibility index (Phi) is 4.34. The number of rotatable bonds is 4. The fraction of sp³-hybridized carbons (Fsp3) is 0.263. The van der Waals surface area contributed by atoms with Crippen LogP contribution in [0.5, 0.6) is 0 Å². The first-order valence-electron chi connectivity index (χ1n) is 8.59. The Bertz CT molecular complexity index is 973. The first-order chi connectivity index (χ1) is 12.6. The quantitative estimate of drug-likeness (QED) is 0.764. The lowest BCUT2D eigenvalue weighted by Crippen LogP contribution is -2.43. The topological polar surface area (TPSA) is 65.8 Å². The maximum Gasteiger partial charge on any atom is 0.297 e. The molecule has 2 aromatic carbocycles. The van der Waals surface area contributed by atoms with Gasteiger partial charge in [-0.15, -0.1) is 0 Å². The molecule has 0 saturated carbocycles. The maximum absolute atomic E-state index is 12.9. The fourth-order valence-corrected chi connectivity index (χ4v) is 4.29. The molecule has 6 nitrogen and oxygen atoms in total. The second-order valence-corrected chi connectivity index (χ2v) is 8.23. The highest BCUT2D eigenvalue weighted by atomic mass is 32.2. The number of nitrogens with zero attached hydrogens (tertiary/aromatic N) is 2. The lowest BCUT2D eigenvalue weighted by molar-refractivity contribution is 0.481. The Balaban J connectivity index is 1.60. The third-order valence-corrected chi connectivity index (χ3v) is 6.35. The van der Waals surface area contributed by atoms with E-state index in [9.17, 15) is 8.42 Å². The van der Waals surface area contributed by atoms with E-state index in [0.29, 0.717) is 11.3 Å². The zero-order chi connectivity index (χ0) is 18.1. The van der Waals surface area contributed by atoms with Crippen molar-refractivity contribution in [3.8, 4) is 0 Å². The number of furan rings is 1. The van der Waals surface area contributed by atoms with E-state index >= 15 is 0 Å². The molecule has 136 valence electrons. The lowest BCUT2D eigenvalue weighted by atomic mass is 10.2. The van der Waals surface area contributed by atoms with Crippen LogP contribution in [-0.4, -0.2) is 41.6 Å². The second-order valence-electron chi connectivity index (χ2n) is 6.33. The molecule has 0 atom stereocenters. The lowest BCUT2D eigenvalue weighted by Gasteiger charge is -2.29. The van der Waals surface area contributed by atoms with Crippen molar-refractivity contribution >= 4 is 32.4 Å². The van der Waals surface area contributed by atoms with E-state index in [0.717, 1.165) is 37.3 Å². The number of fused-ring (bicyclic) bond motifs is 1. The number of nitrogens with one attached hydrogen (secondary N) is 1. The van der Waals surface area contributed by atoms with Gasteiger partial charge in [0, 0.05) is 50.4 Å². The third-order valence-electron chi connectivity index (χ3n) is 4.71. The Morgan fingerprint density at radius 1 is 1.04 bits per heavy atom. The van der Waals surface area contributed by atoms with Gasteiger partial charge in [0.2, 0.25) is 5.09 Å². The standard InChI is InChI=1S/C19H21N3O3S/c1-21(16-6-8-17(9-7-16)22-12-10-20-11-13-22)26(23,24)19-14-15-4-2-3-5-18(15)25-19/h2-9,14,20H,10-13H2,1H3. The van der Waals surface area contributed by atoms with Gasteiger partial charge in [-0.25, -0.2) is 0 Å². The molecule has 1 aliphatic heterocycles. The van der Waals surface area contributed by atoms with E-state index in [-0.39, 0.29) is 5.09 Å². The van der Waals surface area contributed by atoms with Gasteiger partial charge < -0.3 is 14.6 Å². The van der Waals surface area contributed by atoms with Crippen molar-refractivity contribution in [1.29, 1.82) is 0 Å². The molecule has 1 aromatic heterocycles. The molecule has 7 heteroatoms. The SMILES string of the molecule is CN(c1ccc(N2CCNCC2)cc1)S(=O)(=O)c1cc2ccccc2o1. The highest BCUT2D eigenvalue weighted by molar-refractivity contribution is 7.92. The molecule has 0 radical (unpaired) electrons. The number of sulfonamides is 1. The van der Waals surface area contributed by atoms with Crippen LogP contribution < -0.4 is 14.5 Å². The monoisotopic (exact) mass is 371 g/mol. The third kappa shape index (κ3) is 3.04. The minimum Gasteiger partial charge on any atom is -0.443 e. The molecule has 0 bridgehead atoms. The van der Waals surface area contributed by atoms with Gasteiger partial charge in [-0.3, -0.25) is 4.31 Å². The van der Waals surface area contributed by atoms with Gasteiger partial charge in [-0.2, -0.15) is 8.42 Å². The Morgan fingerprint density at radius 2 is 1.73 bits per heavy atom. The summed E-state index contributed by atoms with van der Waals surface area (Å²) in [5.74, 6) is 0. The van der Waals surface area contributed by atoms with E-state index in [4.69, 9.17) is 4.42 Å². The number of piperazine rings is 1. The zero-order valence-electron chi connectivity index (χ0n) is 14.6. The molecule has 4 rings (SSSR count). The van der Waals surface area contributed by atoms with Gasteiger partial charge in [-0.05, 0) is 30.3 Å². The summed E-state index contributed by atoms with van der Waals surface area (Å²) in [6.45, 7) is 3.82. The molecule has 1 saturated heterocycles.